The van der Waals surface area contributed by atoms with Gasteiger partial charge in [-0.1, -0.05) is 26.0 Å². The highest BCUT2D eigenvalue weighted by molar-refractivity contribution is 5.92. The summed E-state index contributed by atoms with van der Waals surface area (Å²) < 4.78 is 0. The van der Waals surface area contributed by atoms with Gasteiger partial charge in [0.15, 0.2) is 0 Å². The number of hydrogen-bond acceptors (Lipinski definition) is 3. The molecule has 1 fully saturated rings. The summed E-state index contributed by atoms with van der Waals surface area (Å²) in [7, 11) is 3.52. The number of amides is 3. The van der Waals surface area contributed by atoms with Crippen LogP contribution in [0.4, 0.5) is 10.5 Å². The van der Waals surface area contributed by atoms with Crippen molar-refractivity contribution in [3.63, 3.8) is 0 Å². The smallest absolute Gasteiger partial charge is 0.319 e. The number of urea groups is 1. The Labute approximate surface area is 150 Å². The number of nitrogens with zero attached hydrogens (tertiary/aromatic N) is 3. The van der Waals surface area contributed by atoms with E-state index in [0.717, 1.165) is 25.2 Å². The number of piperazine rings is 1. The summed E-state index contributed by atoms with van der Waals surface area (Å²) in [6.07, 6.45) is 1.11. The molecule has 6 nitrogen and oxygen atoms in total. The zero-order valence-electron chi connectivity index (χ0n) is 15.8. The molecule has 2 rings (SSSR count). The molecule has 138 valence electrons. The summed E-state index contributed by atoms with van der Waals surface area (Å²) in [5, 5.41) is 2.96. The summed E-state index contributed by atoms with van der Waals surface area (Å²) in [5.41, 5.74) is 2.13. The molecule has 1 saturated heterocycles. The summed E-state index contributed by atoms with van der Waals surface area (Å²) in [6, 6.07) is 8.12. The van der Waals surface area contributed by atoms with Gasteiger partial charge >= 0.3 is 6.03 Å². The lowest BCUT2D eigenvalue weighted by Gasteiger charge is -2.35. The minimum atomic E-state index is -0.0105. The van der Waals surface area contributed by atoms with Gasteiger partial charge in [0.1, 0.15) is 0 Å². The Hall–Kier alpha value is -2.08. The number of nitrogens with one attached hydrogen (secondary N) is 1. The minimum Gasteiger partial charge on any atom is -0.331 e. The monoisotopic (exact) mass is 346 g/mol. The SMILES string of the molecule is CCC(C)c1ccc(NC(=O)CN2CCN(C(=O)N(C)C)CC2)cc1. The molecule has 25 heavy (non-hydrogen) atoms. The Balaban J connectivity index is 1.78. The van der Waals surface area contributed by atoms with Crippen LogP contribution in [0.25, 0.3) is 0 Å². The van der Waals surface area contributed by atoms with Crippen LogP contribution in [-0.2, 0) is 4.79 Å². The molecule has 0 spiro atoms. The van der Waals surface area contributed by atoms with Crippen LogP contribution in [0.5, 0.6) is 0 Å². The van der Waals surface area contributed by atoms with Crippen LogP contribution in [0.3, 0.4) is 0 Å². The van der Waals surface area contributed by atoms with Gasteiger partial charge in [-0.15, -0.1) is 0 Å². The van der Waals surface area contributed by atoms with Gasteiger partial charge in [0, 0.05) is 46.0 Å². The van der Waals surface area contributed by atoms with Crippen LogP contribution in [0.2, 0.25) is 0 Å². The lowest BCUT2D eigenvalue weighted by atomic mass is 9.99. The molecule has 0 bridgehead atoms. The highest BCUT2D eigenvalue weighted by Gasteiger charge is 2.23. The second-order valence-corrected chi connectivity index (χ2v) is 6.92. The van der Waals surface area contributed by atoms with E-state index in [2.05, 4.69) is 36.2 Å². The van der Waals surface area contributed by atoms with Crippen molar-refractivity contribution in [2.45, 2.75) is 26.2 Å². The Morgan fingerprint density at radius 3 is 2.24 bits per heavy atom. The van der Waals surface area contributed by atoms with Gasteiger partial charge in [0.25, 0.3) is 0 Å². The molecule has 0 radical (unpaired) electrons. The van der Waals surface area contributed by atoms with Crippen molar-refractivity contribution >= 4 is 17.6 Å². The maximum Gasteiger partial charge on any atom is 0.319 e. The molecule has 1 atom stereocenters. The largest absolute Gasteiger partial charge is 0.331 e. The van der Waals surface area contributed by atoms with E-state index in [1.54, 1.807) is 19.0 Å². The summed E-state index contributed by atoms with van der Waals surface area (Å²) >= 11 is 0. The molecule has 0 aromatic heterocycles. The lowest BCUT2D eigenvalue weighted by Crippen LogP contribution is -2.52. The van der Waals surface area contributed by atoms with Gasteiger partial charge < -0.3 is 15.1 Å². The third kappa shape index (κ3) is 5.46. The van der Waals surface area contributed by atoms with Gasteiger partial charge in [0.05, 0.1) is 6.54 Å². The van der Waals surface area contributed by atoms with E-state index in [1.807, 2.05) is 17.0 Å². The van der Waals surface area contributed by atoms with Crippen molar-refractivity contribution in [1.82, 2.24) is 14.7 Å². The van der Waals surface area contributed by atoms with Crippen LogP contribution in [0, 0.1) is 0 Å². The Morgan fingerprint density at radius 1 is 1.12 bits per heavy atom. The van der Waals surface area contributed by atoms with Crippen LogP contribution in [-0.4, -0.2) is 73.5 Å². The number of carbonyl (C=O) groups is 2. The Morgan fingerprint density at radius 2 is 1.72 bits per heavy atom. The molecule has 1 aliphatic rings. The van der Waals surface area contributed by atoms with Crippen LogP contribution < -0.4 is 5.32 Å². The van der Waals surface area contributed by atoms with Crippen molar-refractivity contribution in [2.24, 2.45) is 0 Å². The van der Waals surface area contributed by atoms with Crippen molar-refractivity contribution < 1.29 is 9.59 Å². The predicted octanol–water partition coefficient (Wildman–Crippen LogP) is 2.44. The topological polar surface area (TPSA) is 55.9 Å². The molecule has 1 heterocycles. The standard InChI is InChI=1S/C19H30N4O2/c1-5-15(2)16-6-8-17(9-7-16)20-18(24)14-22-10-12-23(13-11-22)19(25)21(3)4/h6-9,15H,5,10-14H2,1-4H3,(H,20,24). The van der Waals surface area contributed by atoms with E-state index in [9.17, 15) is 9.59 Å². The highest BCUT2D eigenvalue weighted by Crippen LogP contribution is 2.20. The van der Waals surface area contributed by atoms with Crippen LogP contribution in [0.15, 0.2) is 24.3 Å². The van der Waals surface area contributed by atoms with E-state index < -0.39 is 0 Å². The molecule has 3 amide bonds. The first kappa shape index (κ1) is 19.2. The second kappa shape index (κ2) is 8.85. The van der Waals surface area contributed by atoms with E-state index >= 15 is 0 Å². The molecule has 0 aliphatic carbocycles. The number of anilines is 1. The average molecular weight is 346 g/mol. The van der Waals surface area contributed by atoms with Crippen molar-refractivity contribution in [2.75, 3.05) is 52.1 Å². The maximum absolute atomic E-state index is 12.2. The normalized spacial score (nSPS) is 16.4. The summed E-state index contributed by atoms with van der Waals surface area (Å²) in [4.78, 5) is 29.7. The van der Waals surface area contributed by atoms with E-state index in [-0.39, 0.29) is 11.9 Å². The Kier molecular flexibility index (Phi) is 6.82. The second-order valence-electron chi connectivity index (χ2n) is 6.92. The van der Waals surface area contributed by atoms with Crippen LogP contribution >= 0.6 is 0 Å². The van der Waals surface area contributed by atoms with Crippen LogP contribution in [0.1, 0.15) is 31.7 Å². The van der Waals surface area contributed by atoms with Gasteiger partial charge in [-0.25, -0.2) is 4.79 Å². The molecule has 1 aromatic carbocycles. The van der Waals surface area contributed by atoms with Gasteiger partial charge in [-0.2, -0.15) is 0 Å². The fraction of sp³-hybridized carbons (Fsp3) is 0.579. The zero-order valence-corrected chi connectivity index (χ0v) is 15.8. The molecule has 1 aliphatic heterocycles. The highest BCUT2D eigenvalue weighted by atomic mass is 16.2. The number of hydrogen-bond donors (Lipinski definition) is 1. The summed E-state index contributed by atoms with van der Waals surface area (Å²) in [6.45, 7) is 7.50. The number of rotatable bonds is 5. The molecule has 6 heteroatoms. The fourth-order valence-corrected chi connectivity index (χ4v) is 2.91. The maximum atomic E-state index is 12.2. The van der Waals surface area contributed by atoms with Crippen molar-refractivity contribution in [3.05, 3.63) is 29.8 Å². The molecular weight excluding hydrogens is 316 g/mol. The number of benzene rings is 1. The third-order valence-corrected chi connectivity index (χ3v) is 4.77. The molecular formula is C19H30N4O2. The first-order valence-electron chi connectivity index (χ1n) is 8.99. The lowest BCUT2D eigenvalue weighted by molar-refractivity contribution is -0.117. The Bertz CT molecular complexity index is 578. The molecule has 1 N–H and O–H groups in total. The molecule has 0 saturated carbocycles. The molecule has 1 unspecified atom stereocenters. The molecule has 1 aromatic rings. The third-order valence-electron chi connectivity index (χ3n) is 4.77. The van der Waals surface area contributed by atoms with E-state index in [1.165, 1.54) is 5.56 Å². The summed E-state index contributed by atoms with van der Waals surface area (Å²) in [5.74, 6) is 0.523. The number of carbonyl (C=O) groups excluding carboxylic acids is 2. The van der Waals surface area contributed by atoms with Gasteiger partial charge in [-0.05, 0) is 30.0 Å². The minimum absolute atomic E-state index is 0.0105. The zero-order chi connectivity index (χ0) is 18.4. The van der Waals surface area contributed by atoms with Gasteiger partial charge in [0.2, 0.25) is 5.91 Å². The van der Waals surface area contributed by atoms with E-state index in [0.29, 0.717) is 25.6 Å². The predicted molar refractivity (Wildman–Crippen MR) is 101 cm³/mol. The van der Waals surface area contributed by atoms with E-state index in [4.69, 9.17) is 0 Å². The van der Waals surface area contributed by atoms with Crippen molar-refractivity contribution in [3.8, 4) is 0 Å². The fourth-order valence-electron chi connectivity index (χ4n) is 2.91. The van der Waals surface area contributed by atoms with Gasteiger partial charge in [-0.3, -0.25) is 9.69 Å². The first-order chi connectivity index (χ1) is 11.9. The average Bonchev–Trinajstić information content (AvgIpc) is 2.61. The quantitative estimate of drug-likeness (QED) is 0.891. The first-order valence-corrected chi connectivity index (χ1v) is 8.99. The van der Waals surface area contributed by atoms with Crippen molar-refractivity contribution in [1.29, 1.82) is 0 Å².